The van der Waals surface area contributed by atoms with Gasteiger partial charge in [0.15, 0.2) is 15.0 Å². The number of halogens is 1. The Morgan fingerprint density at radius 3 is 2.29 bits per heavy atom. The van der Waals surface area contributed by atoms with Gasteiger partial charge in [0.2, 0.25) is 5.06 Å². The molecule has 0 aliphatic heterocycles. The van der Waals surface area contributed by atoms with Crippen LogP contribution in [0.5, 0.6) is 10.8 Å². The van der Waals surface area contributed by atoms with Crippen LogP contribution in [-0.4, -0.2) is 19.7 Å². The molecule has 124 valence electrons. The van der Waals surface area contributed by atoms with Gasteiger partial charge in [0.1, 0.15) is 11.4 Å². The van der Waals surface area contributed by atoms with Crippen LogP contribution in [0.4, 0.5) is 5.13 Å². The summed E-state index contributed by atoms with van der Waals surface area (Å²) in [5.74, 6) is 0.501. The lowest BCUT2D eigenvalue weighted by molar-refractivity contribution is 0.496. The lowest BCUT2D eigenvalue weighted by atomic mass is 10.2. The molecule has 0 unspecified atom stereocenters. The Hall–Kier alpha value is -2.09. The van der Waals surface area contributed by atoms with Crippen LogP contribution in [0.25, 0.3) is 11.3 Å². The van der Waals surface area contributed by atoms with Crippen molar-refractivity contribution in [2.45, 2.75) is 4.90 Å². The molecule has 5 nitrogen and oxygen atoms in total. The molecule has 0 radical (unpaired) electrons. The number of anilines is 1. The maximum atomic E-state index is 11.5. The Labute approximate surface area is 148 Å². The van der Waals surface area contributed by atoms with E-state index in [4.69, 9.17) is 22.1 Å². The molecule has 0 bridgehead atoms. The Balaban J connectivity index is 1.92. The maximum Gasteiger partial charge on any atom is 0.210 e. The third kappa shape index (κ3) is 3.69. The average molecular weight is 381 g/mol. The van der Waals surface area contributed by atoms with Gasteiger partial charge < -0.3 is 10.5 Å². The molecule has 3 aromatic rings. The predicted octanol–water partition coefficient (Wildman–Crippen LogP) is 4.24. The van der Waals surface area contributed by atoms with Crippen LogP contribution < -0.4 is 10.5 Å². The van der Waals surface area contributed by atoms with Gasteiger partial charge in [-0.3, -0.25) is 0 Å². The van der Waals surface area contributed by atoms with Crippen LogP contribution in [-0.2, 0) is 9.84 Å². The molecule has 24 heavy (non-hydrogen) atoms. The van der Waals surface area contributed by atoms with Crippen LogP contribution in [0.15, 0.2) is 53.4 Å². The van der Waals surface area contributed by atoms with E-state index in [0.717, 1.165) is 11.8 Å². The van der Waals surface area contributed by atoms with E-state index in [2.05, 4.69) is 4.98 Å². The summed E-state index contributed by atoms with van der Waals surface area (Å²) >= 11 is 7.11. The highest BCUT2D eigenvalue weighted by atomic mass is 35.5. The van der Waals surface area contributed by atoms with E-state index in [1.165, 1.54) is 23.5 Å². The largest absolute Gasteiger partial charge is 0.444 e. The number of benzene rings is 2. The molecule has 0 aliphatic carbocycles. The monoisotopic (exact) mass is 380 g/mol. The number of thiazole rings is 1. The van der Waals surface area contributed by atoms with Gasteiger partial charge in [-0.15, -0.1) is 0 Å². The van der Waals surface area contributed by atoms with E-state index in [1.807, 2.05) is 12.1 Å². The van der Waals surface area contributed by atoms with E-state index in [1.54, 1.807) is 24.3 Å². The van der Waals surface area contributed by atoms with Crippen molar-refractivity contribution in [3.8, 4) is 22.1 Å². The molecular formula is C16H13ClN2O3S2. The number of nitrogens with two attached hydrogens (primary N) is 1. The second-order valence-electron chi connectivity index (χ2n) is 5.04. The van der Waals surface area contributed by atoms with Crippen LogP contribution >= 0.6 is 22.9 Å². The fourth-order valence-corrected chi connectivity index (χ4v) is 3.52. The highest BCUT2D eigenvalue weighted by Gasteiger charge is 2.15. The van der Waals surface area contributed by atoms with Gasteiger partial charge in [-0.2, -0.15) is 0 Å². The van der Waals surface area contributed by atoms with E-state index in [9.17, 15) is 8.42 Å². The van der Waals surface area contributed by atoms with Crippen molar-refractivity contribution in [3.63, 3.8) is 0 Å². The second kappa shape index (κ2) is 6.43. The zero-order valence-corrected chi connectivity index (χ0v) is 15.0. The first kappa shape index (κ1) is 16.8. The predicted molar refractivity (Wildman–Crippen MR) is 96.6 cm³/mol. The number of rotatable bonds is 4. The van der Waals surface area contributed by atoms with Gasteiger partial charge in [-0.25, -0.2) is 13.4 Å². The highest BCUT2D eigenvalue weighted by Crippen LogP contribution is 2.39. The maximum absolute atomic E-state index is 11.5. The first-order valence-corrected chi connectivity index (χ1v) is 9.92. The molecule has 0 atom stereocenters. The lowest BCUT2D eigenvalue weighted by Gasteiger charge is -2.06. The zero-order chi connectivity index (χ0) is 17.3. The number of nitrogen functional groups attached to an aromatic ring is 1. The molecule has 0 aliphatic rings. The number of hydrogen-bond acceptors (Lipinski definition) is 6. The van der Waals surface area contributed by atoms with Crippen molar-refractivity contribution in [1.29, 1.82) is 0 Å². The topological polar surface area (TPSA) is 82.3 Å². The summed E-state index contributed by atoms with van der Waals surface area (Å²) in [6.45, 7) is 0. The quantitative estimate of drug-likeness (QED) is 0.731. The first-order valence-electron chi connectivity index (χ1n) is 6.83. The molecule has 1 heterocycles. The Morgan fingerprint density at radius 2 is 1.71 bits per heavy atom. The van der Waals surface area contributed by atoms with Gasteiger partial charge in [-0.1, -0.05) is 35.1 Å². The molecule has 0 saturated carbocycles. The van der Waals surface area contributed by atoms with E-state index < -0.39 is 9.84 Å². The van der Waals surface area contributed by atoms with Crippen molar-refractivity contribution >= 4 is 37.9 Å². The fourth-order valence-electron chi connectivity index (χ4n) is 2.04. The van der Waals surface area contributed by atoms with Gasteiger partial charge in [-0.05, 0) is 36.4 Å². The molecule has 0 amide bonds. The van der Waals surface area contributed by atoms with Gasteiger partial charge >= 0.3 is 0 Å². The third-order valence-electron chi connectivity index (χ3n) is 3.19. The highest BCUT2D eigenvalue weighted by molar-refractivity contribution is 7.90. The van der Waals surface area contributed by atoms with Crippen LogP contribution in [0.1, 0.15) is 0 Å². The van der Waals surface area contributed by atoms with Crippen molar-refractivity contribution in [3.05, 3.63) is 53.6 Å². The Kier molecular flexibility index (Phi) is 4.49. The molecule has 8 heteroatoms. The number of sulfone groups is 1. The fraction of sp³-hybridized carbons (Fsp3) is 0.0625. The van der Waals surface area contributed by atoms with Crippen LogP contribution in [0.2, 0.25) is 5.02 Å². The molecule has 0 fully saturated rings. The normalized spacial score (nSPS) is 11.4. The van der Waals surface area contributed by atoms with Crippen LogP contribution in [0.3, 0.4) is 0 Å². The van der Waals surface area contributed by atoms with Gasteiger partial charge in [0, 0.05) is 16.8 Å². The smallest absolute Gasteiger partial charge is 0.210 e. The molecular weight excluding hydrogens is 368 g/mol. The number of aromatic nitrogens is 1. The summed E-state index contributed by atoms with van der Waals surface area (Å²) in [4.78, 5) is 4.53. The number of ether oxygens (including phenoxy) is 1. The molecule has 0 saturated heterocycles. The second-order valence-corrected chi connectivity index (χ2v) is 8.49. The molecule has 0 spiro atoms. The SMILES string of the molecule is CS(=O)(=O)c1ccc(Oc2sc(N)nc2-c2ccc(Cl)cc2)cc1. The molecule has 2 N–H and O–H groups in total. The summed E-state index contributed by atoms with van der Waals surface area (Å²) in [7, 11) is -3.24. The first-order chi connectivity index (χ1) is 11.3. The van der Waals surface area contributed by atoms with Gasteiger partial charge in [0.25, 0.3) is 0 Å². The van der Waals surface area contributed by atoms with E-state index >= 15 is 0 Å². The number of nitrogens with zero attached hydrogens (tertiary/aromatic N) is 1. The minimum Gasteiger partial charge on any atom is -0.444 e. The van der Waals surface area contributed by atoms with E-state index in [0.29, 0.717) is 26.7 Å². The molecule has 2 aromatic carbocycles. The Morgan fingerprint density at radius 1 is 1.08 bits per heavy atom. The standard InChI is InChI=1S/C16H13ClN2O3S2/c1-24(20,21)13-8-6-12(7-9-13)22-15-14(19-16(18)23-15)10-2-4-11(17)5-3-10/h2-9H,1H3,(H2,18,19). The summed E-state index contributed by atoms with van der Waals surface area (Å²) in [5.41, 5.74) is 7.24. The molecule has 3 rings (SSSR count). The summed E-state index contributed by atoms with van der Waals surface area (Å²) < 4.78 is 28.8. The molecule has 1 aromatic heterocycles. The van der Waals surface area contributed by atoms with Crippen LogP contribution in [0, 0.1) is 0 Å². The third-order valence-corrected chi connectivity index (χ3v) is 5.34. The minimum atomic E-state index is -3.24. The minimum absolute atomic E-state index is 0.233. The zero-order valence-electron chi connectivity index (χ0n) is 12.6. The Bertz CT molecular complexity index is 966. The summed E-state index contributed by atoms with van der Waals surface area (Å²) in [6.07, 6.45) is 1.16. The van der Waals surface area contributed by atoms with Crippen molar-refractivity contribution in [2.24, 2.45) is 0 Å². The summed E-state index contributed by atoms with van der Waals surface area (Å²) in [5, 5.41) is 1.53. The average Bonchev–Trinajstić information content (AvgIpc) is 2.88. The lowest BCUT2D eigenvalue weighted by Crippen LogP contribution is -1.96. The van der Waals surface area contributed by atoms with Gasteiger partial charge in [0.05, 0.1) is 4.90 Å². The van der Waals surface area contributed by atoms with Crippen molar-refractivity contribution in [1.82, 2.24) is 4.98 Å². The van der Waals surface area contributed by atoms with Crippen molar-refractivity contribution < 1.29 is 13.2 Å². The van der Waals surface area contributed by atoms with E-state index in [-0.39, 0.29) is 4.90 Å². The summed E-state index contributed by atoms with van der Waals surface area (Å²) in [6, 6.07) is 13.4. The number of hydrogen-bond donors (Lipinski definition) is 1. The van der Waals surface area contributed by atoms with Crippen molar-refractivity contribution in [2.75, 3.05) is 12.0 Å².